The van der Waals surface area contributed by atoms with E-state index in [4.69, 9.17) is 0 Å². The Balaban J connectivity index is 2.09. The fraction of sp³-hybridized carbons (Fsp3) is 0.176. The third-order valence-corrected chi connectivity index (χ3v) is 5.97. The summed E-state index contributed by atoms with van der Waals surface area (Å²) in [7, 11) is -3.48. The third kappa shape index (κ3) is 2.35. The molecule has 0 N–H and O–H groups in total. The monoisotopic (exact) mass is 329 g/mol. The highest BCUT2D eigenvalue weighted by Gasteiger charge is 2.36. The molecule has 0 aromatic heterocycles. The van der Waals surface area contributed by atoms with E-state index in [2.05, 4.69) is 0 Å². The van der Waals surface area contributed by atoms with Crippen molar-refractivity contribution < 1.29 is 18.0 Å². The second-order valence-electron chi connectivity index (χ2n) is 5.58. The standard InChI is InChI=1S/C17H15NO4S/c1-11(2)23(21,22)13-7-5-6-12(10-13)18-16(19)14-8-3-4-9-15(14)17(18)20/h3-11H,1-2H3. The molecular formula is C17H15NO4S. The summed E-state index contributed by atoms with van der Waals surface area (Å²) in [5, 5.41) is -0.583. The minimum atomic E-state index is -3.48. The Morgan fingerprint density at radius 2 is 1.43 bits per heavy atom. The van der Waals surface area contributed by atoms with E-state index in [0.717, 1.165) is 4.90 Å². The molecule has 2 aromatic carbocycles. The van der Waals surface area contributed by atoms with Crippen molar-refractivity contribution in [1.29, 1.82) is 0 Å². The lowest BCUT2D eigenvalue weighted by Gasteiger charge is -2.16. The quantitative estimate of drug-likeness (QED) is 0.812. The second-order valence-corrected chi connectivity index (χ2v) is 8.09. The van der Waals surface area contributed by atoms with Gasteiger partial charge in [-0.15, -0.1) is 0 Å². The van der Waals surface area contributed by atoms with E-state index in [1.165, 1.54) is 18.2 Å². The van der Waals surface area contributed by atoms with Crippen LogP contribution < -0.4 is 4.90 Å². The van der Waals surface area contributed by atoms with Gasteiger partial charge < -0.3 is 0 Å². The van der Waals surface area contributed by atoms with Crippen molar-refractivity contribution in [2.75, 3.05) is 4.90 Å². The molecule has 0 bridgehead atoms. The van der Waals surface area contributed by atoms with E-state index >= 15 is 0 Å². The topological polar surface area (TPSA) is 71.5 Å². The van der Waals surface area contributed by atoms with Crippen LogP contribution in [0.4, 0.5) is 5.69 Å². The van der Waals surface area contributed by atoms with Crippen LogP contribution >= 0.6 is 0 Å². The summed E-state index contributed by atoms with van der Waals surface area (Å²) in [4.78, 5) is 26.0. The minimum Gasteiger partial charge on any atom is -0.268 e. The van der Waals surface area contributed by atoms with Crippen LogP contribution in [0.1, 0.15) is 34.6 Å². The minimum absolute atomic E-state index is 0.0987. The van der Waals surface area contributed by atoms with Gasteiger partial charge >= 0.3 is 0 Å². The highest BCUT2D eigenvalue weighted by atomic mass is 32.2. The van der Waals surface area contributed by atoms with Crippen LogP contribution in [-0.4, -0.2) is 25.5 Å². The number of imide groups is 1. The van der Waals surface area contributed by atoms with E-state index in [9.17, 15) is 18.0 Å². The molecule has 2 amide bonds. The zero-order valence-electron chi connectivity index (χ0n) is 12.7. The Morgan fingerprint density at radius 3 is 1.96 bits per heavy atom. The Bertz CT molecular complexity index is 881. The highest BCUT2D eigenvalue weighted by Crippen LogP contribution is 2.30. The average Bonchev–Trinajstić information content (AvgIpc) is 2.79. The van der Waals surface area contributed by atoms with Crippen LogP contribution in [-0.2, 0) is 9.84 Å². The molecule has 1 aliphatic heterocycles. The van der Waals surface area contributed by atoms with Gasteiger partial charge in [0.05, 0.1) is 27.0 Å². The zero-order chi connectivity index (χ0) is 16.8. The van der Waals surface area contributed by atoms with Gasteiger partial charge in [-0.25, -0.2) is 13.3 Å². The fourth-order valence-corrected chi connectivity index (χ4v) is 3.59. The summed E-state index contributed by atoms with van der Waals surface area (Å²) in [6, 6.07) is 12.5. The van der Waals surface area contributed by atoms with Crippen molar-refractivity contribution in [3.05, 3.63) is 59.7 Å². The lowest BCUT2D eigenvalue weighted by molar-refractivity contribution is 0.0926. The van der Waals surface area contributed by atoms with Gasteiger partial charge in [0.1, 0.15) is 0 Å². The number of hydrogen-bond acceptors (Lipinski definition) is 4. The number of benzene rings is 2. The molecule has 5 nitrogen and oxygen atoms in total. The van der Waals surface area contributed by atoms with E-state index in [0.29, 0.717) is 11.1 Å². The Labute approximate surface area is 134 Å². The smallest absolute Gasteiger partial charge is 0.266 e. The van der Waals surface area contributed by atoms with E-state index in [1.54, 1.807) is 44.2 Å². The number of amides is 2. The average molecular weight is 329 g/mol. The second kappa shape index (κ2) is 5.31. The van der Waals surface area contributed by atoms with Gasteiger partial charge in [0.15, 0.2) is 9.84 Å². The third-order valence-electron chi connectivity index (χ3n) is 3.82. The van der Waals surface area contributed by atoms with Crippen molar-refractivity contribution in [3.8, 4) is 0 Å². The summed E-state index contributed by atoms with van der Waals surface area (Å²) in [6.45, 7) is 3.17. The number of fused-ring (bicyclic) bond motifs is 1. The summed E-state index contributed by atoms with van der Waals surface area (Å²) < 4.78 is 24.6. The predicted octanol–water partition coefficient (Wildman–Crippen LogP) is 2.67. The molecule has 0 saturated heterocycles. The Kier molecular flexibility index (Phi) is 3.56. The molecule has 0 fully saturated rings. The van der Waals surface area contributed by atoms with Gasteiger partial charge in [-0.1, -0.05) is 18.2 Å². The van der Waals surface area contributed by atoms with Gasteiger partial charge in [0.2, 0.25) is 0 Å². The largest absolute Gasteiger partial charge is 0.268 e. The molecule has 0 atom stereocenters. The zero-order valence-corrected chi connectivity index (χ0v) is 13.5. The number of nitrogens with zero attached hydrogens (tertiary/aromatic N) is 1. The molecule has 3 rings (SSSR count). The number of hydrogen-bond donors (Lipinski definition) is 0. The molecule has 0 aliphatic carbocycles. The van der Waals surface area contributed by atoms with Crippen LogP contribution in [0.2, 0.25) is 0 Å². The summed E-state index contributed by atoms with van der Waals surface area (Å²) in [5.74, 6) is -0.880. The van der Waals surface area contributed by atoms with Gasteiger partial charge in [-0.05, 0) is 44.2 Å². The van der Waals surface area contributed by atoms with Crippen molar-refractivity contribution >= 4 is 27.3 Å². The first-order chi connectivity index (χ1) is 10.8. The molecule has 0 spiro atoms. The van der Waals surface area contributed by atoms with Crippen molar-refractivity contribution in [2.45, 2.75) is 24.0 Å². The maximum absolute atomic E-state index is 12.5. The van der Waals surface area contributed by atoms with Gasteiger partial charge in [-0.2, -0.15) is 0 Å². The molecule has 1 heterocycles. The summed E-state index contributed by atoms with van der Waals surface area (Å²) in [6.07, 6.45) is 0. The molecular weight excluding hydrogens is 314 g/mol. The van der Waals surface area contributed by atoms with Crippen molar-refractivity contribution in [3.63, 3.8) is 0 Å². The number of anilines is 1. The predicted molar refractivity (Wildman–Crippen MR) is 86.3 cm³/mol. The van der Waals surface area contributed by atoms with Crippen LogP contribution in [0.3, 0.4) is 0 Å². The first-order valence-electron chi connectivity index (χ1n) is 7.16. The Hall–Kier alpha value is -2.47. The molecule has 118 valence electrons. The number of carbonyl (C=O) groups is 2. The maximum Gasteiger partial charge on any atom is 0.266 e. The van der Waals surface area contributed by atoms with Crippen molar-refractivity contribution in [2.24, 2.45) is 0 Å². The highest BCUT2D eigenvalue weighted by molar-refractivity contribution is 7.92. The van der Waals surface area contributed by atoms with Crippen LogP contribution in [0.15, 0.2) is 53.4 Å². The molecule has 2 aromatic rings. The van der Waals surface area contributed by atoms with Crippen LogP contribution in [0.5, 0.6) is 0 Å². The molecule has 0 radical (unpaired) electrons. The number of carbonyl (C=O) groups excluding carboxylic acids is 2. The molecule has 6 heteroatoms. The fourth-order valence-electron chi connectivity index (χ4n) is 2.50. The lowest BCUT2D eigenvalue weighted by Crippen LogP contribution is -2.29. The molecule has 23 heavy (non-hydrogen) atoms. The molecule has 0 saturated carbocycles. The normalized spacial score (nSPS) is 14.5. The number of rotatable bonds is 3. The van der Waals surface area contributed by atoms with Crippen LogP contribution in [0.25, 0.3) is 0 Å². The first-order valence-corrected chi connectivity index (χ1v) is 8.70. The Morgan fingerprint density at radius 1 is 0.870 bits per heavy atom. The SMILES string of the molecule is CC(C)S(=O)(=O)c1cccc(N2C(=O)c3ccccc3C2=O)c1. The van der Waals surface area contributed by atoms with Gasteiger partial charge in [-0.3, -0.25) is 9.59 Å². The first kappa shape index (κ1) is 15.4. The summed E-state index contributed by atoms with van der Waals surface area (Å²) in [5.41, 5.74) is 0.919. The van der Waals surface area contributed by atoms with Crippen molar-refractivity contribution in [1.82, 2.24) is 0 Å². The van der Waals surface area contributed by atoms with E-state index in [-0.39, 0.29) is 10.6 Å². The van der Waals surface area contributed by atoms with Gasteiger partial charge in [0, 0.05) is 0 Å². The number of sulfone groups is 1. The lowest BCUT2D eigenvalue weighted by atomic mass is 10.1. The maximum atomic E-state index is 12.5. The molecule has 0 unspecified atom stereocenters. The van der Waals surface area contributed by atoms with Gasteiger partial charge in [0.25, 0.3) is 11.8 Å². The van der Waals surface area contributed by atoms with E-state index in [1.807, 2.05) is 0 Å². The van der Waals surface area contributed by atoms with E-state index < -0.39 is 26.9 Å². The van der Waals surface area contributed by atoms with Crippen LogP contribution in [0, 0.1) is 0 Å². The summed E-state index contributed by atoms with van der Waals surface area (Å²) >= 11 is 0. The molecule has 1 aliphatic rings.